The summed E-state index contributed by atoms with van der Waals surface area (Å²) in [6.45, 7) is 3.00. The van der Waals surface area contributed by atoms with Gasteiger partial charge in [0.2, 0.25) is 5.56 Å². The number of fused-ring (bicyclic) bond motifs is 1. The molecule has 1 amide bonds. The summed E-state index contributed by atoms with van der Waals surface area (Å²) in [7, 11) is 0. The third-order valence-corrected chi connectivity index (χ3v) is 4.92. The molecule has 25 heavy (non-hydrogen) atoms. The number of para-hydroxylation sites is 1. The predicted molar refractivity (Wildman–Crippen MR) is 95.8 cm³/mol. The molecule has 128 valence electrons. The van der Waals surface area contributed by atoms with Crippen LogP contribution in [0.5, 0.6) is 5.75 Å². The Hall–Kier alpha value is -2.82. The topological polar surface area (TPSA) is 62.4 Å². The van der Waals surface area contributed by atoms with Crippen LogP contribution >= 0.6 is 0 Å². The molecule has 2 aliphatic rings. The van der Waals surface area contributed by atoms with E-state index >= 15 is 0 Å². The first kappa shape index (κ1) is 15.7. The molecule has 5 heteroatoms. The number of pyridine rings is 1. The number of hydrogen-bond acceptors (Lipinski definition) is 3. The minimum absolute atomic E-state index is 0.0933. The van der Waals surface area contributed by atoms with Crippen LogP contribution in [0.15, 0.2) is 47.3 Å². The van der Waals surface area contributed by atoms with Crippen molar-refractivity contribution in [3.63, 3.8) is 0 Å². The first-order valence-electron chi connectivity index (χ1n) is 8.52. The summed E-state index contributed by atoms with van der Waals surface area (Å²) in [5, 5.41) is 0. The molecule has 1 saturated heterocycles. The summed E-state index contributed by atoms with van der Waals surface area (Å²) in [6, 6.07) is 11.1. The molecule has 0 unspecified atom stereocenters. The van der Waals surface area contributed by atoms with Crippen LogP contribution in [-0.2, 0) is 0 Å². The van der Waals surface area contributed by atoms with E-state index in [1.54, 1.807) is 17.9 Å². The zero-order valence-corrected chi connectivity index (χ0v) is 14.1. The van der Waals surface area contributed by atoms with Crippen LogP contribution in [0.25, 0.3) is 6.08 Å². The smallest absolute Gasteiger partial charge is 0.254 e. The van der Waals surface area contributed by atoms with Gasteiger partial charge < -0.3 is 14.6 Å². The van der Waals surface area contributed by atoms with Crippen LogP contribution in [-0.4, -0.2) is 34.5 Å². The summed E-state index contributed by atoms with van der Waals surface area (Å²) in [6.07, 6.45) is 5.71. The third-order valence-electron chi connectivity index (χ3n) is 4.92. The van der Waals surface area contributed by atoms with Gasteiger partial charge in [0.25, 0.3) is 5.91 Å². The highest BCUT2D eigenvalue weighted by Gasteiger charge is 2.38. The lowest BCUT2D eigenvalue weighted by molar-refractivity contribution is 0.0329. The molecule has 5 nitrogen and oxygen atoms in total. The average molecular weight is 336 g/mol. The lowest BCUT2D eigenvalue weighted by atomic mass is 9.88. The number of nitrogens with one attached hydrogen (secondary N) is 1. The van der Waals surface area contributed by atoms with Gasteiger partial charge in [-0.25, -0.2) is 0 Å². The first-order valence-corrected chi connectivity index (χ1v) is 8.52. The fourth-order valence-electron chi connectivity index (χ4n) is 3.55. The Bertz CT molecular complexity index is 905. The van der Waals surface area contributed by atoms with Gasteiger partial charge >= 0.3 is 0 Å². The largest absolute Gasteiger partial charge is 0.482 e. The zero-order chi connectivity index (χ0) is 17.4. The van der Waals surface area contributed by atoms with Crippen molar-refractivity contribution in [1.29, 1.82) is 0 Å². The number of nitrogens with zero attached hydrogens (tertiary/aromatic N) is 1. The predicted octanol–water partition coefficient (Wildman–Crippen LogP) is 2.76. The Morgan fingerprint density at radius 2 is 1.96 bits per heavy atom. The van der Waals surface area contributed by atoms with Gasteiger partial charge in [-0.1, -0.05) is 24.3 Å². The molecular weight excluding hydrogens is 316 g/mol. The Balaban J connectivity index is 1.49. The van der Waals surface area contributed by atoms with E-state index < -0.39 is 0 Å². The maximum absolute atomic E-state index is 12.7. The van der Waals surface area contributed by atoms with Gasteiger partial charge in [0.1, 0.15) is 11.4 Å². The maximum atomic E-state index is 12.7. The number of aryl methyl sites for hydroxylation is 1. The first-order chi connectivity index (χ1) is 12.0. The number of aromatic amines is 1. The van der Waals surface area contributed by atoms with Crippen molar-refractivity contribution in [2.45, 2.75) is 25.4 Å². The van der Waals surface area contributed by atoms with Crippen LogP contribution in [0, 0.1) is 6.92 Å². The minimum atomic E-state index is -0.338. The van der Waals surface area contributed by atoms with Gasteiger partial charge in [-0.2, -0.15) is 0 Å². The number of piperidine rings is 1. The molecule has 0 bridgehead atoms. The number of H-pyrrole nitrogens is 1. The Morgan fingerprint density at radius 3 is 2.72 bits per heavy atom. The number of carbonyl (C=O) groups is 1. The van der Waals surface area contributed by atoms with Gasteiger partial charge in [0.15, 0.2) is 0 Å². The molecule has 4 rings (SSSR count). The highest BCUT2D eigenvalue weighted by molar-refractivity contribution is 5.94. The third kappa shape index (κ3) is 2.97. The summed E-state index contributed by atoms with van der Waals surface area (Å²) >= 11 is 0. The zero-order valence-electron chi connectivity index (χ0n) is 14.1. The number of ether oxygens (including phenoxy) is 1. The monoisotopic (exact) mass is 336 g/mol. The van der Waals surface area contributed by atoms with Crippen LogP contribution < -0.4 is 10.3 Å². The lowest BCUT2D eigenvalue weighted by Crippen LogP contribution is -2.49. The van der Waals surface area contributed by atoms with E-state index in [0.717, 1.165) is 24.2 Å². The number of benzene rings is 1. The van der Waals surface area contributed by atoms with E-state index in [1.165, 1.54) is 6.07 Å². The van der Waals surface area contributed by atoms with Crippen LogP contribution in [0.1, 0.15) is 34.5 Å². The van der Waals surface area contributed by atoms with E-state index in [4.69, 9.17) is 4.74 Å². The molecule has 1 aromatic carbocycles. The van der Waals surface area contributed by atoms with Crippen molar-refractivity contribution in [1.82, 2.24) is 9.88 Å². The molecule has 1 fully saturated rings. The van der Waals surface area contributed by atoms with E-state index in [2.05, 4.69) is 17.1 Å². The number of aromatic nitrogens is 1. The average Bonchev–Trinajstić information content (AvgIpc) is 2.61. The molecule has 1 spiro atoms. The van der Waals surface area contributed by atoms with Crippen LogP contribution in [0.3, 0.4) is 0 Å². The summed E-state index contributed by atoms with van der Waals surface area (Å²) in [4.78, 5) is 28.8. The second kappa shape index (κ2) is 5.92. The van der Waals surface area contributed by atoms with E-state index in [9.17, 15) is 9.59 Å². The Kier molecular flexibility index (Phi) is 3.71. The number of rotatable bonds is 1. The minimum Gasteiger partial charge on any atom is -0.482 e. The van der Waals surface area contributed by atoms with Gasteiger partial charge in [0, 0.05) is 48.8 Å². The van der Waals surface area contributed by atoms with Crippen molar-refractivity contribution in [3.8, 4) is 5.75 Å². The maximum Gasteiger partial charge on any atom is 0.254 e. The van der Waals surface area contributed by atoms with Gasteiger partial charge in [-0.3, -0.25) is 9.59 Å². The quantitative estimate of drug-likeness (QED) is 0.871. The van der Waals surface area contributed by atoms with Crippen molar-refractivity contribution in [2.24, 2.45) is 0 Å². The fourth-order valence-corrected chi connectivity index (χ4v) is 3.55. The molecule has 2 aliphatic heterocycles. The molecule has 1 aromatic heterocycles. The number of likely N-dealkylation sites (tertiary alicyclic amines) is 1. The SMILES string of the molecule is Cc1cc(C(=O)N2CCC3(C=Cc4ccccc4O3)CC2)cc(=O)[nH]1. The standard InChI is InChI=1S/C20H20N2O3/c1-14-12-16(13-18(23)21-14)19(24)22-10-8-20(9-11-22)7-6-15-4-2-3-5-17(15)25-20/h2-7,12-13H,8-11H2,1H3,(H,21,23). The highest BCUT2D eigenvalue weighted by Crippen LogP contribution is 2.37. The van der Waals surface area contributed by atoms with Crippen LogP contribution in [0.2, 0.25) is 0 Å². The van der Waals surface area contributed by atoms with Crippen molar-refractivity contribution < 1.29 is 9.53 Å². The number of amides is 1. The molecule has 0 atom stereocenters. The molecule has 1 N–H and O–H groups in total. The summed E-state index contributed by atoms with van der Waals surface area (Å²) in [5.41, 5.74) is 1.65. The summed E-state index contributed by atoms with van der Waals surface area (Å²) < 4.78 is 6.25. The normalized spacial score (nSPS) is 17.9. The Labute approximate surface area is 145 Å². The van der Waals surface area contributed by atoms with E-state index in [-0.39, 0.29) is 17.1 Å². The van der Waals surface area contributed by atoms with Gasteiger partial charge in [-0.05, 0) is 25.1 Å². The summed E-state index contributed by atoms with van der Waals surface area (Å²) in [5.74, 6) is 0.805. The molecule has 0 aliphatic carbocycles. The molecule has 0 radical (unpaired) electrons. The lowest BCUT2D eigenvalue weighted by Gasteiger charge is -2.41. The van der Waals surface area contributed by atoms with Gasteiger partial charge in [-0.15, -0.1) is 0 Å². The van der Waals surface area contributed by atoms with Gasteiger partial charge in [0.05, 0.1) is 0 Å². The molecule has 3 heterocycles. The molecule has 2 aromatic rings. The number of hydrogen-bond donors (Lipinski definition) is 1. The van der Waals surface area contributed by atoms with Crippen molar-refractivity contribution in [3.05, 3.63) is 69.6 Å². The fraction of sp³-hybridized carbons (Fsp3) is 0.300. The highest BCUT2D eigenvalue weighted by atomic mass is 16.5. The van der Waals surface area contributed by atoms with Crippen LogP contribution in [0.4, 0.5) is 0 Å². The van der Waals surface area contributed by atoms with E-state index in [1.807, 2.05) is 24.3 Å². The number of carbonyl (C=O) groups excluding carboxylic acids is 1. The van der Waals surface area contributed by atoms with Crippen molar-refractivity contribution >= 4 is 12.0 Å². The second-order valence-electron chi connectivity index (χ2n) is 6.75. The molecule has 0 saturated carbocycles. The van der Waals surface area contributed by atoms with E-state index in [0.29, 0.717) is 24.3 Å². The second-order valence-corrected chi connectivity index (χ2v) is 6.75. The Morgan fingerprint density at radius 1 is 1.20 bits per heavy atom. The van der Waals surface area contributed by atoms with Crippen molar-refractivity contribution in [2.75, 3.05) is 13.1 Å². The molecular formula is C20H20N2O3.